The van der Waals surface area contributed by atoms with Crippen molar-refractivity contribution in [1.29, 1.82) is 0 Å². The quantitative estimate of drug-likeness (QED) is 0.511. The SMILES string of the molecule is Cc1cc(-c2ccc(/C=C3/Sc4ccccc4C3=O)o2)ccc1Cl. The second-order valence-corrected chi connectivity index (χ2v) is 7.09. The molecule has 2 nitrogen and oxygen atoms in total. The fourth-order valence-electron chi connectivity index (χ4n) is 2.65. The third kappa shape index (κ3) is 2.70. The van der Waals surface area contributed by atoms with E-state index in [2.05, 4.69) is 0 Å². The van der Waals surface area contributed by atoms with Crippen LogP contribution in [0.4, 0.5) is 0 Å². The van der Waals surface area contributed by atoms with Gasteiger partial charge in [0.2, 0.25) is 5.78 Å². The van der Waals surface area contributed by atoms with Gasteiger partial charge in [0.15, 0.2) is 0 Å². The van der Waals surface area contributed by atoms with Crippen LogP contribution in [0.5, 0.6) is 0 Å². The molecule has 0 aliphatic carbocycles. The van der Waals surface area contributed by atoms with Crippen molar-refractivity contribution in [3.8, 4) is 11.3 Å². The van der Waals surface area contributed by atoms with Crippen LogP contribution >= 0.6 is 23.4 Å². The van der Waals surface area contributed by atoms with Crippen LogP contribution in [0.3, 0.4) is 0 Å². The smallest absolute Gasteiger partial charge is 0.200 e. The fraction of sp³-hybridized carbons (Fsp3) is 0.0500. The first-order valence-corrected chi connectivity index (χ1v) is 8.71. The third-order valence-corrected chi connectivity index (χ3v) is 5.44. The van der Waals surface area contributed by atoms with Crippen LogP contribution in [-0.4, -0.2) is 5.78 Å². The summed E-state index contributed by atoms with van der Waals surface area (Å²) in [5.41, 5.74) is 2.73. The van der Waals surface area contributed by atoms with Crippen LogP contribution in [0.1, 0.15) is 21.7 Å². The highest BCUT2D eigenvalue weighted by atomic mass is 35.5. The minimum atomic E-state index is 0.0517. The highest BCUT2D eigenvalue weighted by molar-refractivity contribution is 8.04. The highest BCUT2D eigenvalue weighted by Crippen LogP contribution is 2.41. The van der Waals surface area contributed by atoms with E-state index in [1.165, 1.54) is 11.8 Å². The van der Waals surface area contributed by atoms with Gasteiger partial charge in [0, 0.05) is 21.0 Å². The van der Waals surface area contributed by atoms with Gasteiger partial charge in [-0.1, -0.05) is 35.5 Å². The van der Waals surface area contributed by atoms with E-state index in [1.807, 2.05) is 61.5 Å². The Hall–Kier alpha value is -2.23. The molecule has 0 atom stereocenters. The molecule has 0 fully saturated rings. The number of Topliss-reactive ketones (excluding diaryl/α,β-unsaturated/α-hetero) is 1. The Bertz CT molecular complexity index is 985. The van der Waals surface area contributed by atoms with Crippen LogP contribution in [0.2, 0.25) is 5.02 Å². The average Bonchev–Trinajstić information content (AvgIpc) is 3.16. The Labute approximate surface area is 149 Å². The monoisotopic (exact) mass is 352 g/mol. The lowest BCUT2D eigenvalue weighted by molar-refractivity contribution is 0.104. The maximum atomic E-state index is 12.4. The third-order valence-electron chi connectivity index (χ3n) is 3.92. The summed E-state index contributed by atoms with van der Waals surface area (Å²) in [7, 11) is 0. The topological polar surface area (TPSA) is 30.2 Å². The van der Waals surface area contributed by atoms with E-state index >= 15 is 0 Å². The molecule has 1 aromatic heterocycles. The summed E-state index contributed by atoms with van der Waals surface area (Å²) in [4.78, 5) is 14.1. The van der Waals surface area contributed by atoms with Crippen LogP contribution in [0.25, 0.3) is 17.4 Å². The summed E-state index contributed by atoms with van der Waals surface area (Å²) in [6.07, 6.45) is 1.80. The largest absolute Gasteiger partial charge is 0.457 e. The van der Waals surface area contributed by atoms with E-state index in [-0.39, 0.29) is 5.78 Å². The van der Waals surface area contributed by atoms with E-state index in [1.54, 1.807) is 6.08 Å². The van der Waals surface area contributed by atoms with Crippen LogP contribution < -0.4 is 0 Å². The van der Waals surface area contributed by atoms with Crippen molar-refractivity contribution >= 4 is 35.2 Å². The zero-order chi connectivity index (χ0) is 16.7. The Morgan fingerprint density at radius 3 is 2.71 bits per heavy atom. The van der Waals surface area contributed by atoms with Gasteiger partial charge in [-0.25, -0.2) is 0 Å². The molecule has 0 unspecified atom stereocenters. The number of ketones is 1. The molecule has 1 aliphatic rings. The number of benzene rings is 2. The van der Waals surface area contributed by atoms with Crippen LogP contribution in [0, 0.1) is 6.92 Å². The van der Waals surface area contributed by atoms with Crippen molar-refractivity contribution in [2.45, 2.75) is 11.8 Å². The standard InChI is InChI=1S/C20H13ClO2S/c1-12-10-13(6-8-16(12)21)17-9-7-14(23-17)11-19-20(22)15-4-2-3-5-18(15)24-19/h2-11H,1H3/b19-11+. The number of carbonyl (C=O) groups excluding carboxylic acids is 1. The molecule has 4 rings (SSSR count). The van der Waals surface area contributed by atoms with E-state index < -0.39 is 0 Å². The van der Waals surface area contributed by atoms with E-state index in [9.17, 15) is 4.79 Å². The van der Waals surface area contributed by atoms with Crippen molar-refractivity contribution in [2.75, 3.05) is 0 Å². The minimum absolute atomic E-state index is 0.0517. The first-order chi connectivity index (χ1) is 11.6. The lowest BCUT2D eigenvalue weighted by Crippen LogP contribution is -1.93. The first-order valence-electron chi connectivity index (χ1n) is 7.51. The van der Waals surface area contributed by atoms with Crippen molar-refractivity contribution in [1.82, 2.24) is 0 Å². The number of hydrogen-bond donors (Lipinski definition) is 0. The number of thioether (sulfide) groups is 1. The van der Waals surface area contributed by atoms with Crippen molar-refractivity contribution in [3.63, 3.8) is 0 Å². The summed E-state index contributed by atoms with van der Waals surface area (Å²) in [5.74, 6) is 1.48. The van der Waals surface area contributed by atoms with Crippen molar-refractivity contribution in [3.05, 3.63) is 81.4 Å². The number of furan rings is 1. The number of allylic oxidation sites excluding steroid dienone is 1. The number of rotatable bonds is 2. The normalized spacial score (nSPS) is 15.1. The maximum absolute atomic E-state index is 12.4. The maximum Gasteiger partial charge on any atom is 0.200 e. The zero-order valence-corrected chi connectivity index (χ0v) is 14.4. The molecule has 0 saturated carbocycles. The second-order valence-electron chi connectivity index (χ2n) is 5.60. The molecule has 2 heterocycles. The molecule has 118 valence electrons. The van der Waals surface area contributed by atoms with Gasteiger partial charge in [0.1, 0.15) is 11.5 Å². The van der Waals surface area contributed by atoms with Gasteiger partial charge in [-0.2, -0.15) is 0 Å². The summed E-state index contributed by atoms with van der Waals surface area (Å²) in [6, 6.07) is 17.2. The van der Waals surface area contributed by atoms with Gasteiger partial charge in [-0.15, -0.1) is 0 Å². The average molecular weight is 353 g/mol. The molecule has 0 amide bonds. The van der Waals surface area contributed by atoms with E-state index in [4.69, 9.17) is 16.0 Å². The molecule has 0 bridgehead atoms. The summed E-state index contributed by atoms with van der Waals surface area (Å²) < 4.78 is 5.89. The molecule has 1 aliphatic heterocycles. The highest BCUT2D eigenvalue weighted by Gasteiger charge is 2.25. The number of aryl methyl sites for hydroxylation is 1. The van der Waals surface area contributed by atoms with Gasteiger partial charge in [-0.3, -0.25) is 4.79 Å². The van der Waals surface area contributed by atoms with Gasteiger partial charge in [0.05, 0.1) is 4.91 Å². The van der Waals surface area contributed by atoms with Gasteiger partial charge >= 0.3 is 0 Å². The van der Waals surface area contributed by atoms with Gasteiger partial charge in [0.25, 0.3) is 0 Å². The van der Waals surface area contributed by atoms with Crippen LogP contribution in [0.15, 0.2) is 68.8 Å². The van der Waals surface area contributed by atoms with Gasteiger partial charge < -0.3 is 4.42 Å². The molecule has 24 heavy (non-hydrogen) atoms. The van der Waals surface area contributed by atoms with Gasteiger partial charge in [-0.05, 0) is 61.0 Å². The predicted octanol–water partition coefficient (Wildman–Crippen LogP) is 6.24. The number of carbonyl (C=O) groups is 1. The van der Waals surface area contributed by atoms with Crippen molar-refractivity contribution < 1.29 is 9.21 Å². The number of hydrogen-bond acceptors (Lipinski definition) is 3. The summed E-state index contributed by atoms with van der Waals surface area (Å²) in [6.45, 7) is 1.96. The number of fused-ring (bicyclic) bond motifs is 1. The second kappa shape index (κ2) is 6.00. The Morgan fingerprint density at radius 2 is 1.92 bits per heavy atom. The first kappa shape index (κ1) is 15.3. The lowest BCUT2D eigenvalue weighted by atomic mass is 10.1. The molecule has 0 spiro atoms. The summed E-state index contributed by atoms with van der Waals surface area (Å²) >= 11 is 7.55. The van der Waals surface area contributed by atoms with Crippen molar-refractivity contribution in [2.24, 2.45) is 0 Å². The van der Waals surface area contributed by atoms with E-state index in [0.29, 0.717) is 10.7 Å². The number of halogens is 1. The molecule has 3 aromatic rings. The lowest BCUT2D eigenvalue weighted by Gasteiger charge is -2.01. The zero-order valence-electron chi connectivity index (χ0n) is 12.9. The Balaban J connectivity index is 1.64. The minimum Gasteiger partial charge on any atom is -0.457 e. The molecule has 0 radical (unpaired) electrons. The Morgan fingerprint density at radius 1 is 1.08 bits per heavy atom. The molecule has 2 aromatic carbocycles. The molecule has 0 N–H and O–H groups in total. The summed E-state index contributed by atoms with van der Waals surface area (Å²) in [5, 5.41) is 0.735. The molecular formula is C20H13ClO2S. The predicted molar refractivity (Wildman–Crippen MR) is 98.5 cm³/mol. The Kier molecular flexibility index (Phi) is 3.83. The fourth-order valence-corrected chi connectivity index (χ4v) is 3.80. The molecule has 0 saturated heterocycles. The van der Waals surface area contributed by atoms with Crippen LogP contribution in [-0.2, 0) is 0 Å². The molecule has 4 heteroatoms. The molecular weight excluding hydrogens is 340 g/mol. The van der Waals surface area contributed by atoms with E-state index in [0.717, 1.165) is 32.4 Å².